The first-order valence-corrected chi connectivity index (χ1v) is 14.1. The van der Waals surface area contributed by atoms with Gasteiger partial charge in [0.05, 0.1) is 36.9 Å². The highest BCUT2D eigenvalue weighted by molar-refractivity contribution is 9.09. The molecule has 0 amide bonds. The van der Waals surface area contributed by atoms with Crippen molar-refractivity contribution in [2.45, 2.75) is 89.9 Å². The van der Waals surface area contributed by atoms with Gasteiger partial charge >= 0.3 is 0 Å². The zero-order valence-electron chi connectivity index (χ0n) is 19.7. The quantitative estimate of drug-likeness (QED) is 0.116. The van der Waals surface area contributed by atoms with Crippen LogP contribution in [-0.4, -0.2) is 49.5 Å². The van der Waals surface area contributed by atoms with E-state index in [1.165, 1.54) is 100 Å². The minimum absolute atomic E-state index is 0.178. The van der Waals surface area contributed by atoms with Gasteiger partial charge in [0, 0.05) is 0 Å². The van der Waals surface area contributed by atoms with Crippen molar-refractivity contribution in [3.05, 3.63) is 29.8 Å². The van der Waals surface area contributed by atoms with Gasteiger partial charge in [-0.2, -0.15) is 0 Å². The molecule has 0 radical (unpaired) electrons. The van der Waals surface area contributed by atoms with Gasteiger partial charge < -0.3 is 9.04 Å². The van der Waals surface area contributed by atoms with Crippen molar-refractivity contribution in [2.75, 3.05) is 32.0 Å². The second-order valence-electron chi connectivity index (χ2n) is 8.57. The molecule has 1 rings (SSSR count). The zero-order chi connectivity index (χ0) is 22.9. The highest BCUT2D eigenvalue weighted by Crippen LogP contribution is 2.13. The number of alkyl halides is 1. The first-order valence-electron chi connectivity index (χ1n) is 11.6. The van der Waals surface area contributed by atoms with E-state index in [-0.39, 0.29) is 4.90 Å². The molecule has 0 aromatic heterocycles. The molecule has 176 valence electrons. The van der Waals surface area contributed by atoms with Gasteiger partial charge in [0.25, 0.3) is 0 Å². The molecule has 1 unspecified atom stereocenters. The lowest BCUT2D eigenvalue weighted by Gasteiger charge is -2.34. The third kappa shape index (κ3) is 15.4. The lowest BCUT2D eigenvalue weighted by molar-refractivity contribution is -0.907. The lowest BCUT2D eigenvalue weighted by atomic mass is 10.1. The first-order chi connectivity index (χ1) is 14.2. The van der Waals surface area contributed by atoms with Crippen LogP contribution in [0, 0.1) is 6.92 Å². The van der Waals surface area contributed by atoms with Crippen molar-refractivity contribution >= 4 is 26.0 Å². The Morgan fingerprint density at radius 2 is 1.23 bits per heavy atom. The molecule has 0 fully saturated rings. The van der Waals surface area contributed by atoms with Crippen LogP contribution in [0.2, 0.25) is 0 Å². The molecule has 1 aromatic rings. The second kappa shape index (κ2) is 17.2. The molecule has 30 heavy (non-hydrogen) atoms. The third-order valence-electron chi connectivity index (χ3n) is 5.54. The van der Waals surface area contributed by atoms with Crippen LogP contribution in [0.4, 0.5) is 0 Å². The molecule has 4 nitrogen and oxygen atoms in total. The molecule has 0 saturated heterocycles. The molecule has 0 aliphatic rings. The maximum Gasteiger partial charge on any atom is 0.124 e. The predicted octanol–water partition coefficient (Wildman–Crippen LogP) is 6.67. The summed E-state index contributed by atoms with van der Waals surface area (Å²) in [5, 5.41) is 1.15. The second-order valence-corrected chi connectivity index (χ2v) is 10.7. The summed E-state index contributed by atoms with van der Waals surface area (Å²) in [6, 6.07) is 5.78. The Morgan fingerprint density at radius 3 is 1.67 bits per heavy atom. The van der Waals surface area contributed by atoms with E-state index in [0.29, 0.717) is 0 Å². The molecule has 0 saturated carbocycles. The topological polar surface area (TPSA) is 57.2 Å². The number of nitrogens with zero attached hydrogens (tertiary/aromatic N) is 1. The van der Waals surface area contributed by atoms with Crippen LogP contribution in [0.15, 0.2) is 29.2 Å². The molecule has 6 heteroatoms. The Balaban J connectivity index is 0.000000642. The summed E-state index contributed by atoms with van der Waals surface area (Å²) >= 11 is 3.64. The van der Waals surface area contributed by atoms with Crippen molar-refractivity contribution < 1.29 is 17.5 Å². The number of unbranched alkanes of at least 4 members (excludes halogenated alkanes) is 8. The minimum atomic E-state index is -4.27. The van der Waals surface area contributed by atoms with Crippen LogP contribution in [0.25, 0.3) is 0 Å². The van der Waals surface area contributed by atoms with E-state index in [1.807, 2.05) is 6.92 Å². The van der Waals surface area contributed by atoms with Crippen molar-refractivity contribution in [1.82, 2.24) is 0 Å². The zero-order valence-corrected chi connectivity index (χ0v) is 22.1. The minimum Gasteiger partial charge on any atom is -0.744 e. The molecule has 0 heterocycles. The maximum atomic E-state index is 10.4. The number of aryl methyl sites for hydroxylation is 1. The largest absolute Gasteiger partial charge is 0.744 e. The number of rotatable bonds is 15. The fraction of sp³-hybridized carbons (Fsp3) is 0.750. The number of hydrogen-bond acceptors (Lipinski definition) is 3. The van der Waals surface area contributed by atoms with E-state index in [4.69, 9.17) is 0 Å². The van der Waals surface area contributed by atoms with Gasteiger partial charge in [-0.3, -0.25) is 0 Å². The highest BCUT2D eigenvalue weighted by Gasteiger charge is 2.19. The Morgan fingerprint density at radius 1 is 0.800 bits per heavy atom. The van der Waals surface area contributed by atoms with E-state index in [1.54, 1.807) is 12.1 Å². The SMILES string of the molecule is CCCCCCCC[N+](C)(CCBr)CCCCCC.Cc1ccc(S(=O)(=O)[O-])cc1. The Hall–Kier alpha value is -0.430. The monoisotopic (exact) mass is 505 g/mol. The number of hydrogen-bond donors (Lipinski definition) is 0. The summed E-state index contributed by atoms with van der Waals surface area (Å²) in [4.78, 5) is -0.178. The van der Waals surface area contributed by atoms with Crippen LogP contribution in [0.1, 0.15) is 83.6 Å². The van der Waals surface area contributed by atoms with Gasteiger partial charge in [-0.25, -0.2) is 8.42 Å². The summed E-state index contributed by atoms with van der Waals surface area (Å²) in [6.07, 6.45) is 14.1. The van der Waals surface area contributed by atoms with E-state index < -0.39 is 10.1 Å². The van der Waals surface area contributed by atoms with Crippen molar-refractivity contribution in [1.29, 1.82) is 0 Å². The highest BCUT2D eigenvalue weighted by atomic mass is 79.9. The molecular formula is C24H44BrNO3S. The van der Waals surface area contributed by atoms with Crippen molar-refractivity contribution in [3.8, 4) is 0 Å². The summed E-state index contributed by atoms with van der Waals surface area (Å²) in [7, 11) is -1.81. The van der Waals surface area contributed by atoms with Crippen molar-refractivity contribution in [2.24, 2.45) is 0 Å². The van der Waals surface area contributed by atoms with E-state index in [9.17, 15) is 13.0 Å². The molecule has 0 spiro atoms. The Bertz CT molecular complexity index is 634. The van der Waals surface area contributed by atoms with Gasteiger partial charge in [0.1, 0.15) is 10.1 Å². The summed E-state index contributed by atoms with van der Waals surface area (Å²) < 4.78 is 32.4. The van der Waals surface area contributed by atoms with Crippen LogP contribution in [0.3, 0.4) is 0 Å². The lowest BCUT2D eigenvalue weighted by Crippen LogP contribution is -2.46. The number of halogens is 1. The molecule has 0 aliphatic heterocycles. The van der Waals surface area contributed by atoms with Crippen LogP contribution < -0.4 is 0 Å². The molecule has 0 N–H and O–H groups in total. The molecular weight excluding hydrogens is 462 g/mol. The normalized spacial score (nSPS) is 13.4. The Kier molecular flexibility index (Phi) is 16.9. The standard InChI is InChI=1S/C17H37BrN.C7H8O3S/c1-4-6-8-10-11-13-16-19(3,17-14-18)15-12-9-7-5-2;1-6-2-4-7(5-3-6)11(8,9)10/h4-17H2,1-3H3;2-5H,1H3,(H,8,9,10)/q+1;/p-1. The fourth-order valence-corrected chi connectivity index (χ4v) is 4.76. The molecule has 1 atom stereocenters. The molecule has 1 aromatic carbocycles. The predicted molar refractivity (Wildman–Crippen MR) is 131 cm³/mol. The fourth-order valence-electron chi connectivity index (χ4n) is 3.44. The van der Waals surface area contributed by atoms with Gasteiger partial charge in [-0.15, -0.1) is 0 Å². The van der Waals surface area contributed by atoms with Gasteiger partial charge in [0.15, 0.2) is 0 Å². The third-order valence-corrected chi connectivity index (χ3v) is 6.74. The van der Waals surface area contributed by atoms with E-state index >= 15 is 0 Å². The average Bonchev–Trinajstić information content (AvgIpc) is 2.68. The van der Waals surface area contributed by atoms with Crippen LogP contribution in [-0.2, 0) is 10.1 Å². The smallest absolute Gasteiger partial charge is 0.124 e. The number of quaternary nitrogens is 1. The first kappa shape index (κ1) is 29.6. The summed E-state index contributed by atoms with van der Waals surface area (Å²) in [5.74, 6) is 0. The molecule has 0 aliphatic carbocycles. The van der Waals surface area contributed by atoms with E-state index in [0.717, 1.165) is 10.9 Å². The van der Waals surface area contributed by atoms with Crippen LogP contribution in [0.5, 0.6) is 0 Å². The van der Waals surface area contributed by atoms with Crippen LogP contribution >= 0.6 is 15.9 Å². The average molecular weight is 507 g/mol. The molecule has 0 bridgehead atoms. The van der Waals surface area contributed by atoms with Gasteiger partial charge in [0.2, 0.25) is 0 Å². The summed E-state index contributed by atoms with van der Waals surface area (Å²) in [6.45, 7) is 10.5. The van der Waals surface area contributed by atoms with Gasteiger partial charge in [-0.1, -0.05) is 86.0 Å². The Labute approximate surface area is 194 Å². The van der Waals surface area contributed by atoms with E-state index in [2.05, 4.69) is 36.8 Å². The van der Waals surface area contributed by atoms with Gasteiger partial charge in [-0.05, 0) is 44.7 Å². The number of benzene rings is 1. The maximum absolute atomic E-state index is 10.4. The summed E-state index contributed by atoms with van der Waals surface area (Å²) in [5.41, 5.74) is 0.928. The van der Waals surface area contributed by atoms with Crippen molar-refractivity contribution in [3.63, 3.8) is 0 Å².